The van der Waals surface area contributed by atoms with E-state index in [1.165, 1.54) is 5.56 Å². The molecule has 1 saturated heterocycles. The number of rotatable bonds is 3. The van der Waals surface area contributed by atoms with Crippen molar-refractivity contribution in [3.8, 4) is 0 Å². The first kappa shape index (κ1) is 10.4. The molecule has 0 unspecified atom stereocenters. The van der Waals surface area contributed by atoms with Crippen LogP contribution in [0.2, 0.25) is 0 Å². The predicted molar refractivity (Wildman–Crippen MR) is 60.9 cm³/mol. The van der Waals surface area contributed by atoms with Gasteiger partial charge in [0.25, 0.3) is 0 Å². The van der Waals surface area contributed by atoms with Crippen LogP contribution in [-0.4, -0.2) is 18.9 Å². The number of hydrogen-bond acceptors (Lipinski definition) is 2. The van der Waals surface area contributed by atoms with Gasteiger partial charge in [-0.15, -0.1) is 0 Å². The van der Waals surface area contributed by atoms with Gasteiger partial charge in [0.05, 0.1) is 5.41 Å². The van der Waals surface area contributed by atoms with Crippen molar-refractivity contribution >= 4 is 5.78 Å². The minimum atomic E-state index is -0.120. The third-order valence-electron chi connectivity index (χ3n) is 3.19. The Balaban J connectivity index is 2.02. The molecule has 1 aliphatic heterocycles. The molecule has 15 heavy (non-hydrogen) atoms. The van der Waals surface area contributed by atoms with Gasteiger partial charge in [-0.05, 0) is 12.5 Å². The maximum atomic E-state index is 12.0. The summed E-state index contributed by atoms with van der Waals surface area (Å²) in [5.74, 6) is 0.352. The fourth-order valence-corrected chi connectivity index (χ4v) is 1.80. The average Bonchev–Trinajstić information content (AvgIpc) is 2.18. The molecule has 2 rings (SSSR count). The molecule has 0 bridgehead atoms. The van der Waals surface area contributed by atoms with E-state index in [9.17, 15) is 4.79 Å². The van der Waals surface area contributed by atoms with Crippen LogP contribution in [0.25, 0.3) is 0 Å². The minimum absolute atomic E-state index is 0.120. The van der Waals surface area contributed by atoms with E-state index >= 15 is 0 Å². The van der Waals surface area contributed by atoms with Gasteiger partial charge in [0, 0.05) is 19.5 Å². The van der Waals surface area contributed by atoms with E-state index in [0.29, 0.717) is 12.2 Å². The Morgan fingerprint density at radius 2 is 1.93 bits per heavy atom. The second-order valence-electron chi connectivity index (χ2n) is 4.75. The Morgan fingerprint density at radius 1 is 1.33 bits per heavy atom. The third kappa shape index (κ3) is 2.10. The molecule has 0 amide bonds. The second kappa shape index (κ2) is 3.78. The van der Waals surface area contributed by atoms with Crippen molar-refractivity contribution in [1.82, 2.24) is 5.32 Å². The Morgan fingerprint density at radius 3 is 2.40 bits per heavy atom. The fourth-order valence-electron chi connectivity index (χ4n) is 1.80. The van der Waals surface area contributed by atoms with Gasteiger partial charge in [0.15, 0.2) is 0 Å². The molecule has 2 nitrogen and oxygen atoms in total. The largest absolute Gasteiger partial charge is 0.315 e. The molecule has 1 N–H and O–H groups in total. The van der Waals surface area contributed by atoms with Crippen molar-refractivity contribution in [2.45, 2.75) is 20.3 Å². The highest BCUT2D eigenvalue weighted by Crippen LogP contribution is 2.24. The van der Waals surface area contributed by atoms with Crippen LogP contribution >= 0.6 is 0 Å². The van der Waals surface area contributed by atoms with E-state index in [1.54, 1.807) is 0 Å². The van der Waals surface area contributed by atoms with Crippen molar-refractivity contribution in [2.75, 3.05) is 13.1 Å². The first-order chi connectivity index (χ1) is 7.10. The number of carbonyl (C=O) groups excluding carboxylic acids is 1. The molecular weight excluding hydrogens is 186 g/mol. The topological polar surface area (TPSA) is 29.1 Å². The molecule has 0 aliphatic carbocycles. The summed E-state index contributed by atoms with van der Waals surface area (Å²) in [5, 5.41) is 3.16. The third-order valence-corrected chi connectivity index (χ3v) is 3.19. The highest BCUT2D eigenvalue weighted by atomic mass is 16.1. The number of benzene rings is 1. The number of ketones is 1. The van der Waals surface area contributed by atoms with E-state index < -0.39 is 0 Å². The zero-order valence-electron chi connectivity index (χ0n) is 9.34. The van der Waals surface area contributed by atoms with Crippen LogP contribution in [0.5, 0.6) is 0 Å². The summed E-state index contributed by atoms with van der Waals surface area (Å²) in [6, 6.07) is 8.21. The number of hydrogen-bond donors (Lipinski definition) is 1. The lowest BCUT2D eigenvalue weighted by Crippen LogP contribution is -2.56. The molecule has 1 heterocycles. The number of carbonyl (C=O) groups is 1. The van der Waals surface area contributed by atoms with Gasteiger partial charge in [-0.2, -0.15) is 0 Å². The molecule has 1 aromatic rings. The monoisotopic (exact) mass is 203 g/mol. The number of nitrogens with one attached hydrogen (secondary N) is 1. The maximum Gasteiger partial charge on any atom is 0.145 e. The normalized spacial score (nSPS) is 18.3. The molecule has 1 aliphatic rings. The Labute approximate surface area is 90.7 Å². The summed E-state index contributed by atoms with van der Waals surface area (Å²) in [7, 11) is 0. The van der Waals surface area contributed by atoms with Crippen LogP contribution in [-0.2, 0) is 11.2 Å². The summed E-state index contributed by atoms with van der Waals surface area (Å²) in [6.45, 7) is 5.76. The van der Waals surface area contributed by atoms with Crippen molar-refractivity contribution in [3.63, 3.8) is 0 Å². The molecule has 2 heteroatoms. The fraction of sp³-hybridized carbons (Fsp3) is 0.462. The van der Waals surface area contributed by atoms with Crippen molar-refractivity contribution < 1.29 is 4.79 Å². The molecule has 0 saturated carbocycles. The Kier molecular flexibility index (Phi) is 2.61. The smallest absolute Gasteiger partial charge is 0.145 e. The van der Waals surface area contributed by atoms with E-state index in [0.717, 1.165) is 18.7 Å². The Bertz CT molecular complexity index is 363. The second-order valence-corrected chi connectivity index (χ2v) is 4.75. The zero-order chi connectivity index (χ0) is 10.9. The van der Waals surface area contributed by atoms with Gasteiger partial charge in [-0.1, -0.05) is 36.8 Å². The molecule has 0 aromatic heterocycles. The van der Waals surface area contributed by atoms with Crippen LogP contribution in [0, 0.1) is 12.3 Å². The molecule has 0 radical (unpaired) electrons. The molecule has 1 aromatic carbocycles. The molecule has 1 fully saturated rings. The van der Waals surface area contributed by atoms with Crippen LogP contribution in [0.3, 0.4) is 0 Å². The summed E-state index contributed by atoms with van der Waals surface area (Å²) in [5.41, 5.74) is 2.24. The molecular formula is C13H17NO. The van der Waals surface area contributed by atoms with Gasteiger partial charge in [-0.3, -0.25) is 4.79 Å². The number of Topliss-reactive ketones (excluding diaryl/α,β-unsaturated/α-hetero) is 1. The van der Waals surface area contributed by atoms with Gasteiger partial charge in [-0.25, -0.2) is 0 Å². The van der Waals surface area contributed by atoms with Gasteiger partial charge in [0.2, 0.25) is 0 Å². The lowest BCUT2D eigenvalue weighted by molar-refractivity contribution is -0.129. The minimum Gasteiger partial charge on any atom is -0.315 e. The molecule has 0 atom stereocenters. The SMILES string of the molecule is Cc1ccc(CC(=O)C2(C)CNC2)cc1. The average molecular weight is 203 g/mol. The highest BCUT2D eigenvalue weighted by molar-refractivity contribution is 5.87. The van der Waals surface area contributed by atoms with Gasteiger partial charge in [0.1, 0.15) is 5.78 Å². The predicted octanol–water partition coefficient (Wildman–Crippen LogP) is 1.72. The van der Waals surface area contributed by atoms with Gasteiger partial charge >= 0.3 is 0 Å². The number of aryl methyl sites for hydroxylation is 1. The summed E-state index contributed by atoms with van der Waals surface area (Å²) < 4.78 is 0. The molecule has 0 spiro atoms. The quantitative estimate of drug-likeness (QED) is 0.810. The van der Waals surface area contributed by atoms with Crippen molar-refractivity contribution in [3.05, 3.63) is 35.4 Å². The van der Waals surface area contributed by atoms with Gasteiger partial charge < -0.3 is 5.32 Å². The van der Waals surface area contributed by atoms with Crippen molar-refractivity contribution in [2.24, 2.45) is 5.41 Å². The standard InChI is InChI=1S/C13H17NO/c1-10-3-5-11(6-4-10)7-12(15)13(2)8-14-9-13/h3-6,14H,7-9H2,1-2H3. The maximum absolute atomic E-state index is 12.0. The Hall–Kier alpha value is -1.15. The van der Waals surface area contributed by atoms with E-state index in [-0.39, 0.29) is 5.41 Å². The first-order valence-electron chi connectivity index (χ1n) is 5.40. The van der Waals surface area contributed by atoms with E-state index in [4.69, 9.17) is 0 Å². The van der Waals surface area contributed by atoms with Crippen LogP contribution in [0.15, 0.2) is 24.3 Å². The van der Waals surface area contributed by atoms with Crippen LogP contribution < -0.4 is 5.32 Å². The molecule has 80 valence electrons. The van der Waals surface area contributed by atoms with Crippen molar-refractivity contribution in [1.29, 1.82) is 0 Å². The first-order valence-corrected chi connectivity index (χ1v) is 5.40. The van der Waals surface area contributed by atoms with Crippen LogP contribution in [0.4, 0.5) is 0 Å². The van der Waals surface area contributed by atoms with E-state index in [1.807, 2.05) is 19.1 Å². The van der Waals surface area contributed by atoms with Crippen LogP contribution in [0.1, 0.15) is 18.1 Å². The van der Waals surface area contributed by atoms with E-state index in [2.05, 4.69) is 24.4 Å². The lowest BCUT2D eigenvalue weighted by atomic mass is 9.77. The summed E-state index contributed by atoms with van der Waals surface area (Å²) in [4.78, 5) is 12.0. The lowest BCUT2D eigenvalue weighted by Gasteiger charge is -2.37. The zero-order valence-corrected chi connectivity index (χ0v) is 9.34. The summed E-state index contributed by atoms with van der Waals surface area (Å²) in [6.07, 6.45) is 0.568. The highest BCUT2D eigenvalue weighted by Gasteiger charge is 2.38. The summed E-state index contributed by atoms with van der Waals surface area (Å²) >= 11 is 0.